The van der Waals surface area contributed by atoms with E-state index in [4.69, 9.17) is 14.2 Å². The fourth-order valence-corrected chi connectivity index (χ4v) is 2.98. The van der Waals surface area contributed by atoms with E-state index in [9.17, 15) is 0 Å². The molecule has 0 bridgehead atoms. The molecule has 1 aliphatic heterocycles. The van der Waals surface area contributed by atoms with Gasteiger partial charge in [-0.25, -0.2) is 0 Å². The van der Waals surface area contributed by atoms with Crippen LogP contribution in [0, 0.1) is 0 Å². The summed E-state index contributed by atoms with van der Waals surface area (Å²) in [6, 6.07) is 14.5. The zero-order valence-electron chi connectivity index (χ0n) is 13.7. The highest BCUT2D eigenvalue weighted by atomic mass is 16.5. The van der Waals surface area contributed by atoms with Gasteiger partial charge in [0, 0.05) is 13.1 Å². The molecule has 3 rings (SSSR count). The van der Waals surface area contributed by atoms with Gasteiger partial charge in [0.15, 0.2) is 11.5 Å². The minimum Gasteiger partial charge on any atom is -0.493 e. The van der Waals surface area contributed by atoms with Crippen LogP contribution in [-0.2, 0) is 17.7 Å². The van der Waals surface area contributed by atoms with Gasteiger partial charge in [-0.2, -0.15) is 0 Å². The first kappa shape index (κ1) is 15.8. The molecule has 0 unspecified atom stereocenters. The number of methoxy groups -OCH3 is 2. The highest BCUT2D eigenvalue weighted by molar-refractivity contribution is 5.42. The first-order valence-corrected chi connectivity index (χ1v) is 7.93. The van der Waals surface area contributed by atoms with Gasteiger partial charge >= 0.3 is 0 Å². The number of benzene rings is 2. The van der Waals surface area contributed by atoms with Crippen LogP contribution in [0.3, 0.4) is 0 Å². The molecule has 4 heteroatoms. The lowest BCUT2D eigenvalue weighted by Crippen LogP contribution is -2.27. The van der Waals surface area contributed by atoms with Crippen LogP contribution in [0.15, 0.2) is 42.5 Å². The van der Waals surface area contributed by atoms with Crippen molar-refractivity contribution in [1.82, 2.24) is 5.32 Å². The molecule has 1 N–H and O–H groups in total. The van der Waals surface area contributed by atoms with E-state index < -0.39 is 0 Å². The lowest BCUT2D eigenvalue weighted by molar-refractivity contribution is 0.0423. The maximum atomic E-state index is 5.92. The molecule has 0 radical (unpaired) electrons. The van der Waals surface area contributed by atoms with Gasteiger partial charge in [0.1, 0.15) is 0 Å². The third-order valence-electron chi connectivity index (χ3n) is 4.20. The van der Waals surface area contributed by atoms with Gasteiger partial charge in [-0.3, -0.25) is 0 Å². The third kappa shape index (κ3) is 3.66. The summed E-state index contributed by atoms with van der Waals surface area (Å²) in [5.41, 5.74) is 3.86. The molecule has 1 atom stereocenters. The second-order valence-corrected chi connectivity index (χ2v) is 5.63. The Morgan fingerprint density at radius 3 is 2.74 bits per heavy atom. The van der Waals surface area contributed by atoms with Crippen molar-refractivity contribution in [3.05, 3.63) is 59.2 Å². The van der Waals surface area contributed by atoms with E-state index in [2.05, 4.69) is 29.6 Å². The number of nitrogens with one attached hydrogen (secondary N) is 1. The normalized spacial score (nSPS) is 16.7. The molecule has 2 aromatic carbocycles. The van der Waals surface area contributed by atoms with E-state index in [1.807, 2.05) is 18.2 Å². The Kier molecular flexibility index (Phi) is 5.16. The minimum absolute atomic E-state index is 0.125. The molecule has 23 heavy (non-hydrogen) atoms. The van der Waals surface area contributed by atoms with Crippen molar-refractivity contribution in [2.75, 3.05) is 27.4 Å². The minimum atomic E-state index is 0.125. The van der Waals surface area contributed by atoms with Crippen molar-refractivity contribution in [1.29, 1.82) is 0 Å². The fraction of sp³-hybridized carbons (Fsp3) is 0.368. The summed E-state index contributed by atoms with van der Waals surface area (Å²) in [7, 11) is 3.30. The lowest BCUT2D eigenvalue weighted by atomic mass is 9.97. The van der Waals surface area contributed by atoms with Crippen molar-refractivity contribution < 1.29 is 14.2 Å². The molecular formula is C19H23NO3. The summed E-state index contributed by atoms with van der Waals surface area (Å²) in [5.74, 6) is 1.51. The Bertz CT molecular complexity index is 657. The van der Waals surface area contributed by atoms with Gasteiger partial charge in [0.05, 0.1) is 26.9 Å². The SMILES string of the molecule is COc1ccc(CNC[C@@H]2OCCc3ccccc32)cc1OC. The summed E-state index contributed by atoms with van der Waals surface area (Å²) < 4.78 is 16.5. The molecule has 0 fully saturated rings. The highest BCUT2D eigenvalue weighted by Gasteiger charge is 2.19. The number of rotatable bonds is 6. The van der Waals surface area contributed by atoms with Gasteiger partial charge in [-0.1, -0.05) is 30.3 Å². The van der Waals surface area contributed by atoms with Crippen LogP contribution in [0.1, 0.15) is 22.8 Å². The molecule has 0 amide bonds. The number of hydrogen-bond acceptors (Lipinski definition) is 4. The Morgan fingerprint density at radius 2 is 1.91 bits per heavy atom. The Hall–Kier alpha value is -2.04. The molecule has 1 aliphatic rings. The Morgan fingerprint density at radius 1 is 1.09 bits per heavy atom. The molecule has 0 saturated carbocycles. The van der Waals surface area contributed by atoms with E-state index in [0.717, 1.165) is 43.2 Å². The van der Waals surface area contributed by atoms with Crippen LogP contribution in [0.25, 0.3) is 0 Å². The Balaban J connectivity index is 1.60. The summed E-state index contributed by atoms with van der Waals surface area (Å²) in [4.78, 5) is 0. The van der Waals surface area contributed by atoms with Crippen LogP contribution in [-0.4, -0.2) is 27.4 Å². The van der Waals surface area contributed by atoms with Crippen molar-refractivity contribution in [3.63, 3.8) is 0 Å². The third-order valence-corrected chi connectivity index (χ3v) is 4.20. The smallest absolute Gasteiger partial charge is 0.161 e. The summed E-state index contributed by atoms with van der Waals surface area (Å²) in [6.07, 6.45) is 1.13. The van der Waals surface area contributed by atoms with Crippen LogP contribution in [0.2, 0.25) is 0 Å². The molecule has 2 aromatic rings. The molecule has 0 spiro atoms. The quantitative estimate of drug-likeness (QED) is 0.889. The summed E-state index contributed by atoms with van der Waals surface area (Å²) in [6.45, 7) is 2.35. The van der Waals surface area contributed by atoms with Crippen LogP contribution >= 0.6 is 0 Å². The first-order valence-electron chi connectivity index (χ1n) is 7.93. The van der Waals surface area contributed by atoms with Crippen molar-refractivity contribution in [2.45, 2.75) is 19.1 Å². The zero-order valence-corrected chi connectivity index (χ0v) is 13.7. The lowest BCUT2D eigenvalue weighted by Gasteiger charge is -2.26. The second-order valence-electron chi connectivity index (χ2n) is 5.63. The van der Waals surface area contributed by atoms with E-state index in [0.29, 0.717) is 0 Å². The Labute approximate surface area is 137 Å². The van der Waals surface area contributed by atoms with Gasteiger partial charge in [0.2, 0.25) is 0 Å². The molecule has 122 valence electrons. The average Bonchev–Trinajstić information content (AvgIpc) is 2.61. The maximum absolute atomic E-state index is 5.92. The summed E-state index contributed by atoms with van der Waals surface area (Å²) >= 11 is 0. The van der Waals surface area contributed by atoms with Crippen molar-refractivity contribution in [2.24, 2.45) is 0 Å². The van der Waals surface area contributed by atoms with Crippen molar-refractivity contribution >= 4 is 0 Å². The van der Waals surface area contributed by atoms with E-state index >= 15 is 0 Å². The monoisotopic (exact) mass is 313 g/mol. The van der Waals surface area contributed by atoms with Gasteiger partial charge in [-0.05, 0) is 35.2 Å². The van der Waals surface area contributed by atoms with E-state index in [1.54, 1.807) is 14.2 Å². The van der Waals surface area contributed by atoms with Gasteiger partial charge in [0.25, 0.3) is 0 Å². The van der Waals surface area contributed by atoms with Crippen LogP contribution in [0.4, 0.5) is 0 Å². The molecule has 1 heterocycles. The zero-order chi connectivity index (χ0) is 16.1. The molecular weight excluding hydrogens is 290 g/mol. The molecule has 0 aromatic heterocycles. The fourth-order valence-electron chi connectivity index (χ4n) is 2.98. The predicted molar refractivity (Wildman–Crippen MR) is 90.1 cm³/mol. The highest BCUT2D eigenvalue weighted by Crippen LogP contribution is 2.28. The van der Waals surface area contributed by atoms with E-state index in [-0.39, 0.29) is 6.10 Å². The maximum Gasteiger partial charge on any atom is 0.161 e. The predicted octanol–water partition coefficient (Wildman–Crippen LogP) is 3.11. The molecule has 0 aliphatic carbocycles. The molecule has 4 nitrogen and oxygen atoms in total. The first-order chi connectivity index (χ1) is 11.3. The van der Waals surface area contributed by atoms with Crippen LogP contribution in [0.5, 0.6) is 11.5 Å². The largest absolute Gasteiger partial charge is 0.493 e. The standard InChI is InChI=1S/C19H23NO3/c1-21-17-8-7-14(11-18(17)22-2)12-20-13-19-16-6-4-3-5-15(16)9-10-23-19/h3-8,11,19-20H,9-10,12-13H2,1-2H3/t19-/m0/s1. The molecule has 0 saturated heterocycles. The number of hydrogen-bond donors (Lipinski definition) is 1. The van der Waals surface area contributed by atoms with Gasteiger partial charge in [-0.15, -0.1) is 0 Å². The topological polar surface area (TPSA) is 39.7 Å². The van der Waals surface area contributed by atoms with E-state index in [1.165, 1.54) is 11.1 Å². The second kappa shape index (κ2) is 7.49. The average molecular weight is 313 g/mol. The summed E-state index contributed by atoms with van der Waals surface area (Å²) in [5, 5.41) is 3.48. The van der Waals surface area contributed by atoms with Crippen LogP contribution < -0.4 is 14.8 Å². The van der Waals surface area contributed by atoms with Gasteiger partial charge < -0.3 is 19.5 Å². The number of fused-ring (bicyclic) bond motifs is 1. The van der Waals surface area contributed by atoms with Crippen molar-refractivity contribution in [3.8, 4) is 11.5 Å². The number of ether oxygens (including phenoxy) is 3.